The molecule has 0 fully saturated rings. The van der Waals surface area contributed by atoms with Gasteiger partial charge in [-0.25, -0.2) is 13.2 Å². The first-order valence-electron chi connectivity index (χ1n) is 6.84. The molecule has 0 amide bonds. The third-order valence-electron chi connectivity index (χ3n) is 3.07. The van der Waals surface area contributed by atoms with Gasteiger partial charge in [-0.3, -0.25) is 4.99 Å². The molecule has 0 radical (unpaired) electrons. The van der Waals surface area contributed by atoms with Crippen molar-refractivity contribution in [2.45, 2.75) is 6.42 Å². The van der Waals surface area contributed by atoms with E-state index in [4.69, 9.17) is 10.5 Å². The predicted octanol–water partition coefficient (Wildman–Crippen LogP) is 3.70. The number of halogens is 4. The SMILES string of the molecule is COc1cccc(NC(N)=NCCc2cc(F)c(F)c(F)c2)c1.I. The molecule has 130 valence electrons. The van der Waals surface area contributed by atoms with Crippen molar-refractivity contribution in [1.29, 1.82) is 0 Å². The Morgan fingerprint density at radius 3 is 2.46 bits per heavy atom. The second kappa shape index (κ2) is 9.36. The molecule has 0 aliphatic carbocycles. The van der Waals surface area contributed by atoms with Crippen molar-refractivity contribution in [3.8, 4) is 5.75 Å². The number of guanidine groups is 1. The maximum Gasteiger partial charge on any atom is 0.194 e. The number of aliphatic imine (C=N–C) groups is 1. The van der Waals surface area contributed by atoms with Gasteiger partial charge in [-0.1, -0.05) is 6.07 Å². The summed E-state index contributed by atoms with van der Waals surface area (Å²) in [5, 5.41) is 2.87. The second-order valence-corrected chi connectivity index (χ2v) is 4.75. The van der Waals surface area contributed by atoms with Gasteiger partial charge in [-0.2, -0.15) is 0 Å². The van der Waals surface area contributed by atoms with Crippen LogP contribution in [-0.2, 0) is 6.42 Å². The molecule has 0 heterocycles. The molecule has 0 unspecified atom stereocenters. The first kappa shape index (κ1) is 20.1. The lowest BCUT2D eigenvalue weighted by Crippen LogP contribution is -2.23. The summed E-state index contributed by atoms with van der Waals surface area (Å²) >= 11 is 0. The number of nitrogens with two attached hydrogens (primary N) is 1. The van der Waals surface area contributed by atoms with Crippen molar-refractivity contribution >= 4 is 35.6 Å². The van der Waals surface area contributed by atoms with Crippen LogP contribution in [0.25, 0.3) is 0 Å². The minimum absolute atomic E-state index is 0. The molecule has 0 saturated heterocycles. The number of ether oxygens (including phenoxy) is 1. The Morgan fingerprint density at radius 1 is 1.17 bits per heavy atom. The molecule has 4 nitrogen and oxygen atoms in total. The Bertz CT molecular complexity index is 702. The fourth-order valence-corrected chi connectivity index (χ4v) is 1.95. The van der Waals surface area contributed by atoms with Crippen molar-refractivity contribution in [2.24, 2.45) is 10.7 Å². The molecule has 0 aliphatic heterocycles. The van der Waals surface area contributed by atoms with Crippen molar-refractivity contribution in [3.63, 3.8) is 0 Å². The molecular formula is C16H17F3IN3O. The van der Waals surface area contributed by atoms with Crippen LogP contribution < -0.4 is 15.8 Å². The van der Waals surface area contributed by atoms with Crippen LogP contribution in [-0.4, -0.2) is 19.6 Å². The van der Waals surface area contributed by atoms with Gasteiger partial charge in [0.15, 0.2) is 23.4 Å². The number of anilines is 1. The number of rotatable bonds is 5. The zero-order valence-corrected chi connectivity index (χ0v) is 15.2. The van der Waals surface area contributed by atoms with Crippen LogP contribution in [0.2, 0.25) is 0 Å². The molecule has 2 rings (SSSR count). The van der Waals surface area contributed by atoms with Crippen LogP contribution in [0, 0.1) is 17.5 Å². The first-order valence-corrected chi connectivity index (χ1v) is 6.84. The van der Waals surface area contributed by atoms with Crippen molar-refractivity contribution < 1.29 is 17.9 Å². The number of hydrogen-bond donors (Lipinski definition) is 2. The third kappa shape index (κ3) is 5.59. The molecule has 0 aliphatic rings. The zero-order chi connectivity index (χ0) is 16.8. The van der Waals surface area contributed by atoms with Crippen molar-refractivity contribution in [1.82, 2.24) is 0 Å². The summed E-state index contributed by atoms with van der Waals surface area (Å²) in [6, 6.07) is 9.00. The zero-order valence-electron chi connectivity index (χ0n) is 12.9. The fraction of sp³-hybridized carbons (Fsp3) is 0.188. The van der Waals surface area contributed by atoms with E-state index in [2.05, 4.69) is 10.3 Å². The van der Waals surface area contributed by atoms with Gasteiger partial charge in [0.2, 0.25) is 0 Å². The minimum Gasteiger partial charge on any atom is -0.497 e. The van der Waals surface area contributed by atoms with Crippen LogP contribution >= 0.6 is 24.0 Å². The van der Waals surface area contributed by atoms with Crippen molar-refractivity contribution in [2.75, 3.05) is 19.0 Å². The van der Waals surface area contributed by atoms with E-state index in [0.717, 1.165) is 12.1 Å². The maximum absolute atomic E-state index is 13.1. The van der Waals surface area contributed by atoms with E-state index in [-0.39, 0.29) is 42.9 Å². The largest absolute Gasteiger partial charge is 0.497 e. The molecule has 2 aromatic carbocycles. The number of nitrogens with one attached hydrogen (secondary N) is 1. The van der Waals surface area contributed by atoms with Crippen LogP contribution in [0.15, 0.2) is 41.4 Å². The van der Waals surface area contributed by atoms with Gasteiger partial charge in [-0.15, -0.1) is 24.0 Å². The average Bonchev–Trinajstić information content (AvgIpc) is 2.52. The maximum atomic E-state index is 13.1. The van der Waals surface area contributed by atoms with E-state index in [0.29, 0.717) is 17.0 Å². The summed E-state index contributed by atoms with van der Waals surface area (Å²) in [5.41, 5.74) is 6.74. The summed E-state index contributed by atoms with van der Waals surface area (Å²) in [7, 11) is 1.55. The summed E-state index contributed by atoms with van der Waals surface area (Å²) in [5.74, 6) is -3.09. The summed E-state index contributed by atoms with van der Waals surface area (Å²) < 4.78 is 44.1. The molecule has 24 heavy (non-hydrogen) atoms. The molecule has 3 N–H and O–H groups in total. The lowest BCUT2D eigenvalue weighted by atomic mass is 10.1. The molecule has 0 bridgehead atoms. The smallest absolute Gasteiger partial charge is 0.194 e. The minimum atomic E-state index is -1.48. The van der Waals surface area contributed by atoms with Gasteiger partial charge in [0.05, 0.1) is 7.11 Å². The lowest BCUT2D eigenvalue weighted by molar-refractivity contribution is 0.415. The van der Waals surface area contributed by atoms with E-state index in [1.807, 2.05) is 0 Å². The Hall–Kier alpha value is -1.97. The summed E-state index contributed by atoms with van der Waals surface area (Å²) in [6.45, 7) is 0.202. The van der Waals surface area contributed by atoms with Gasteiger partial charge >= 0.3 is 0 Å². The Labute approximate surface area is 154 Å². The highest BCUT2D eigenvalue weighted by Crippen LogP contribution is 2.16. The quantitative estimate of drug-likeness (QED) is 0.316. The van der Waals surface area contributed by atoms with Gasteiger partial charge in [0.25, 0.3) is 0 Å². The summed E-state index contributed by atoms with van der Waals surface area (Å²) in [4.78, 5) is 4.06. The Kier molecular flexibility index (Phi) is 7.83. The first-order chi connectivity index (χ1) is 11.0. The van der Waals surface area contributed by atoms with E-state index in [1.54, 1.807) is 31.4 Å². The van der Waals surface area contributed by atoms with Crippen molar-refractivity contribution in [3.05, 3.63) is 59.4 Å². The van der Waals surface area contributed by atoms with Crippen LogP contribution in [0.3, 0.4) is 0 Å². The van der Waals surface area contributed by atoms with E-state index >= 15 is 0 Å². The Balaban J connectivity index is 0.00000288. The van der Waals surface area contributed by atoms with Gasteiger partial charge in [0.1, 0.15) is 5.75 Å². The molecule has 0 aromatic heterocycles. The van der Waals surface area contributed by atoms with E-state index < -0.39 is 17.5 Å². The van der Waals surface area contributed by atoms with Crippen LogP contribution in [0.5, 0.6) is 5.75 Å². The predicted molar refractivity (Wildman–Crippen MR) is 98.5 cm³/mol. The fourth-order valence-electron chi connectivity index (χ4n) is 1.95. The number of benzene rings is 2. The highest BCUT2D eigenvalue weighted by atomic mass is 127. The molecule has 0 atom stereocenters. The lowest BCUT2D eigenvalue weighted by Gasteiger charge is -2.07. The Morgan fingerprint density at radius 2 is 1.83 bits per heavy atom. The normalized spacial score (nSPS) is 10.9. The number of nitrogens with zero attached hydrogens (tertiary/aromatic N) is 1. The molecule has 2 aromatic rings. The van der Waals surface area contributed by atoms with Gasteiger partial charge < -0.3 is 15.8 Å². The van der Waals surface area contributed by atoms with Gasteiger partial charge in [-0.05, 0) is 36.2 Å². The highest BCUT2D eigenvalue weighted by molar-refractivity contribution is 14.0. The highest BCUT2D eigenvalue weighted by Gasteiger charge is 2.10. The van der Waals surface area contributed by atoms with Crippen LogP contribution in [0.4, 0.5) is 18.9 Å². The van der Waals surface area contributed by atoms with E-state index in [1.165, 1.54) is 0 Å². The molecule has 0 saturated carbocycles. The molecular weight excluding hydrogens is 434 g/mol. The third-order valence-corrected chi connectivity index (χ3v) is 3.07. The van der Waals surface area contributed by atoms with E-state index in [9.17, 15) is 13.2 Å². The second-order valence-electron chi connectivity index (χ2n) is 4.75. The monoisotopic (exact) mass is 451 g/mol. The molecule has 0 spiro atoms. The number of methoxy groups -OCH3 is 1. The standard InChI is InChI=1S/C16H16F3N3O.HI/c1-23-12-4-2-3-11(9-12)22-16(20)21-6-5-10-7-13(17)15(19)14(18)8-10;/h2-4,7-9H,5-6H2,1H3,(H3,20,21,22);1H. The number of hydrogen-bond acceptors (Lipinski definition) is 2. The van der Waals surface area contributed by atoms with Crippen LogP contribution in [0.1, 0.15) is 5.56 Å². The topological polar surface area (TPSA) is 59.6 Å². The van der Waals surface area contributed by atoms with Gasteiger partial charge in [0, 0.05) is 18.3 Å². The summed E-state index contributed by atoms with van der Waals surface area (Å²) in [6.07, 6.45) is 0.231. The molecule has 8 heteroatoms. The average molecular weight is 451 g/mol.